The molecular formula is C8H12Cl2N6S2. The van der Waals surface area contributed by atoms with Crippen LogP contribution in [0.3, 0.4) is 0 Å². The molecule has 8 N–H and O–H groups in total. The molecule has 0 bridgehead atoms. The highest BCUT2D eigenvalue weighted by molar-refractivity contribution is 7.71. The van der Waals surface area contributed by atoms with Gasteiger partial charge < -0.3 is 36.3 Å². The Balaban J connectivity index is 0. The number of hydrogen-bond donors (Lipinski definition) is 4. The van der Waals surface area contributed by atoms with Crippen LogP contribution in [0.25, 0.3) is 0 Å². The maximum Gasteiger partial charge on any atom is 0.347 e. The lowest BCUT2D eigenvalue weighted by Crippen LogP contribution is -3.00. The molecule has 2 aromatic heterocycles. The van der Waals surface area contributed by atoms with Crippen LogP contribution in [0, 0.1) is 9.54 Å². The standard InChI is InChI=1S/2C4H5N3S.2ClH/c2*5-3-1-2-6-4(8)7-3;;/h2*1-2H,(H3,5,6,7,8);2*1H. The SMILES string of the molecule is Nc1cc[nH+]c(=S)[nH]1.Nc1cc[nH+]c(=S)[nH]1.[Cl-].[Cl-]. The van der Waals surface area contributed by atoms with E-state index in [0.29, 0.717) is 21.2 Å². The molecule has 0 amide bonds. The fourth-order valence-electron chi connectivity index (χ4n) is 0.832. The minimum atomic E-state index is 0. The highest BCUT2D eigenvalue weighted by Gasteiger charge is 1.86. The van der Waals surface area contributed by atoms with Crippen LogP contribution in [0.2, 0.25) is 0 Å². The predicted octanol–water partition coefficient (Wildman–Crippen LogP) is -5.71. The van der Waals surface area contributed by atoms with E-state index in [1.54, 1.807) is 24.5 Å². The molecule has 0 fully saturated rings. The third kappa shape index (κ3) is 7.96. The van der Waals surface area contributed by atoms with E-state index < -0.39 is 0 Å². The quantitative estimate of drug-likeness (QED) is 0.361. The largest absolute Gasteiger partial charge is 1.00 e. The fourth-order valence-corrected chi connectivity index (χ4v) is 1.20. The smallest absolute Gasteiger partial charge is 0.347 e. The van der Waals surface area contributed by atoms with Gasteiger partial charge in [-0.05, 0) is 0 Å². The van der Waals surface area contributed by atoms with E-state index in [1.807, 2.05) is 0 Å². The van der Waals surface area contributed by atoms with Crippen molar-refractivity contribution in [2.24, 2.45) is 0 Å². The number of H-pyrrole nitrogens is 4. The topological polar surface area (TPSA) is 112 Å². The van der Waals surface area contributed by atoms with E-state index in [9.17, 15) is 0 Å². The summed E-state index contributed by atoms with van der Waals surface area (Å²) >= 11 is 9.42. The molecule has 2 rings (SSSR count). The predicted molar refractivity (Wildman–Crippen MR) is 65.2 cm³/mol. The van der Waals surface area contributed by atoms with Crippen LogP contribution in [0.5, 0.6) is 0 Å². The van der Waals surface area contributed by atoms with Crippen LogP contribution in [0.1, 0.15) is 0 Å². The molecule has 10 heteroatoms. The number of nitrogens with one attached hydrogen (secondary N) is 4. The van der Waals surface area contributed by atoms with Crippen molar-refractivity contribution in [1.82, 2.24) is 9.97 Å². The van der Waals surface area contributed by atoms with Crippen LogP contribution in [-0.2, 0) is 0 Å². The van der Waals surface area contributed by atoms with Crippen molar-refractivity contribution in [3.8, 4) is 0 Å². The number of nitrogens with two attached hydrogens (primary N) is 2. The van der Waals surface area contributed by atoms with Crippen molar-refractivity contribution in [3.05, 3.63) is 34.1 Å². The average molecular weight is 327 g/mol. The molecule has 0 saturated heterocycles. The Bertz CT molecular complexity index is 518. The van der Waals surface area contributed by atoms with Gasteiger partial charge in [0.25, 0.3) is 0 Å². The number of hydrogen-bond acceptors (Lipinski definition) is 4. The highest BCUT2D eigenvalue weighted by atomic mass is 35.5. The van der Waals surface area contributed by atoms with Gasteiger partial charge in [-0.1, -0.05) is 0 Å². The summed E-state index contributed by atoms with van der Waals surface area (Å²) in [5.41, 5.74) is 10.6. The molecule has 2 heterocycles. The Morgan fingerprint density at radius 2 is 1.17 bits per heavy atom. The maximum atomic E-state index is 5.32. The lowest BCUT2D eigenvalue weighted by molar-refractivity contribution is -0.391. The zero-order chi connectivity index (χ0) is 12.0. The molecule has 100 valence electrons. The van der Waals surface area contributed by atoms with Crippen molar-refractivity contribution in [2.45, 2.75) is 0 Å². The Morgan fingerprint density at radius 3 is 1.33 bits per heavy atom. The lowest BCUT2D eigenvalue weighted by atomic mass is 10.6. The summed E-state index contributed by atoms with van der Waals surface area (Å²) in [5.74, 6) is 1.16. The summed E-state index contributed by atoms with van der Waals surface area (Å²) in [4.78, 5) is 10.9. The van der Waals surface area contributed by atoms with Crippen molar-refractivity contribution in [2.75, 3.05) is 11.5 Å². The summed E-state index contributed by atoms with van der Waals surface area (Å²) in [7, 11) is 0. The molecule has 0 aliphatic rings. The Hall–Kier alpha value is -1.22. The first-order chi connectivity index (χ1) is 7.58. The molecule has 0 spiro atoms. The van der Waals surface area contributed by atoms with Gasteiger partial charge in [-0.25, -0.2) is 19.9 Å². The van der Waals surface area contributed by atoms with E-state index >= 15 is 0 Å². The zero-order valence-electron chi connectivity index (χ0n) is 9.04. The molecule has 2 aromatic rings. The second-order valence-corrected chi connectivity index (χ2v) is 3.59. The first-order valence-corrected chi connectivity index (χ1v) is 5.12. The minimum Gasteiger partial charge on any atom is -1.00 e. The fraction of sp³-hybridized carbons (Fsp3) is 0. The van der Waals surface area contributed by atoms with E-state index in [2.05, 4.69) is 19.9 Å². The Morgan fingerprint density at radius 1 is 0.833 bits per heavy atom. The molecule has 18 heavy (non-hydrogen) atoms. The monoisotopic (exact) mass is 326 g/mol. The summed E-state index contributed by atoms with van der Waals surface area (Å²) in [6, 6.07) is 3.41. The Labute approximate surface area is 126 Å². The van der Waals surface area contributed by atoms with Gasteiger partial charge >= 0.3 is 9.54 Å². The summed E-state index contributed by atoms with van der Waals surface area (Å²) in [6.07, 6.45) is 3.38. The molecule has 0 radical (unpaired) electrons. The second-order valence-electron chi connectivity index (χ2n) is 2.77. The van der Waals surface area contributed by atoms with Crippen LogP contribution in [0.15, 0.2) is 24.5 Å². The van der Waals surface area contributed by atoms with Crippen LogP contribution in [-0.4, -0.2) is 9.97 Å². The minimum absolute atomic E-state index is 0. The third-order valence-corrected chi connectivity index (χ3v) is 1.91. The first-order valence-electron chi connectivity index (χ1n) is 4.31. The normalized spacial score (nSPS) is 8.00. The van der Waals surface area contributed by atoms with Gasteiger partial charge in [-0.3, -0.25) is 0 Å². The highest BCUT2D eigenvalue weighted by Crippen LogP contribution is 1.86. The molecule has 0 aliphatic carbocycles. The molecule has 6 nitrogen and oxygen atoms in total. The van der Waals surface area contributed by atoms with Crippen LogP contribution in [0.4, 0.5) is 11.6 Å². The van der Waals surface area contributed by atoms with Crippen molar-refractivity contribution >= 4 is 36.1 Å². The summed E-state index contributed by atoms with van der Waals surface area (Å²) in [6.45, 7) is 0. The van der Waals surface area contributed by atoms with Gasteiger partial charge in [0, 0.05) is 36.6 Å². The third-order valence-electron chi connectivity index (χ3n) is 1.47. The van der Waals surface area contributed by atoms with E-state index in [4.69, 9.17) is 35.9 Å². The number of aromatic nitrogens is 4. The number of anilines is 2. The first kappa shape index (κ1) is 19.1. The van der Waals surface area contributed by atoms with Gasteiger partial charge in [-0.2, -0.15) is 0 Å². The number of aromatic amines is 4. The van der Waals surface area contributed by atoms with Crippen molar-refractivity contribution < 1.29 is 34.8 Å². The molecule has 0 aromatic carbocycles. The van der Waals surface area contributed by atoms with Crippen molar-refractivity contribution in [3.63, 3.8) is 0 Å². The average Bonchev–Trinajstić information content (AvgIpc) is 2.17. The van der Waals surface area contributed by atoms with E-state index in [1.165, 1.54) is 0 Å². The Kier molecular flexibility index (Phi) is 10.4. The lowest BCUT2D eigenvalue weighted by Gasteiger charge is -1.79. The molecular weight excluding hydrogens is 315 g/mol. The molecule has 0 atom stereocenters. The van der Waals surface area contributed by atoms with Gasteiger partial charge in [-0.15, -0.1) is 0 Å². The number of nitrogen functional groups attached to an aromatic ring is 2. The number of halogens is 2. The van der Waals surface area contributed by atoms with Gasteiger partial charge in [0.1, 0.15) is 0 Å². The molecule has 0 saturated carbocycles. The van der Waals surface area contributed by atoms with Crippen LogP contribution < -0.4 is 46.2 Å². The van der Waals surface area contributed by atoms with Gasteiger partial charge in [0.2, 0.25) is 0 Å². The van der Waals surface area contributed by atoms with E-state index in [0.717, 1.165) is 0 Å². The maximum absolute atomic E-state index is 5.32. The van der Waals surface area contributed by atoms with E-state index in [-0.39, 0.29) is 24.8 Å². The number of rotatable bonds is 0. The summed E-state index contributed by atoms with van der Waals surface area (Å²) < 4.78 is 1.09. The molecule has 0 unspecified atom stereocenters. The zero-order valence-corrected chi connectivity index (χ0v) is 12.2. The van der Waals surface area contributed by atoms with Crippen molar-refractivity contribution in [1.29, 1.82) is 0 Å². The van der Waals surface area contributed by atoms with Gasteiger partial charge in [0.15, 0.2) is 11.6 Å². The second kappa shape index (κ2) is 9.77. The van der Waals surface area contributed by atoms with Crippen LogP contribution >= 0.6 is 24.4 Å². The molecule has 0 aliphatic heterocycles. The summed E-state index contributed by atoms with van der Waals surface area (Å²) in [5, 5.41) is 0. The van der Waals surface area contributed by atoms with Gasteiger partial charge in [0.05, 0.1) is 12.4 Å².